The monoisotopic (exact) mass is 238 g/mol. The van der Waals surface area contributed by atoms with Crippen LogP contribution in [-0.2, 0) is 0 Å². The second-order valence-corrected chi connectivity index (χ2v) is 6.19. The Labute approximate surface area is 110 Å². The Balaban J connectivity index is 3.39. The van der Waals surface area contributed by atoms with E-state index in [4.69, 9.17) is 0 Å². The first-order valence-electron chi connectivity index (χ1n) is 7.72. The zero-order valence-corrected chi connectivity index (χ0v) is 12.7. The van der Waals surface area contributed by atoms with Gasteiger partial charge in [0, 0.05) is 0 Å². The molecular formula is C17H34. The third-order valence-electron chi connectivity index (χ3n) is 3.49. The van der Waals surface area contributed by atoms with E-state index in [-0.39, 0.29) is 0 Å². The number of unbranched alkanes of at least 4 members (excludes halogenated alkanes) is 4. The van der Waals surface area contributed by atoms with Gasteiger partial charge < -0.3 is 0 Å². The fraction of sp³-hybridized carbons (Fsp3) is 0.882. The lowest BCUT2D eigenvalue weighted by Gasteiger charge is -2.13. The molecule has 0 heteroatoms. The van der Waals surface area contributed by atoms with Crippen LogP contribution in [0.2, 0.25) is 0 Å². The second kappa shape index (κ2) is 10.9. The molecule has 0 aliphatic carbocycles. The van der Waals surface area contributed by atoms with Gasteiger partial charge in [0.25, 0.3) is 0 Å². The van der Waals surface area contributed by atoms with Crippen LogP contribution in [0.1, 0.15) is 85.5 Å². The van der Waals surface area contributed by atoms with E-state index in [2.05, 4.69) is 34.3 Å². The van der Waals surface area contributed by atoms with Gasteiger partial charge in [-0.15, -0.1) is 0 Å². The van der Waals surface area contributed by atoms with Gasteiger partial charge in [-0.1, -0.05) is 78.4 Å². The summed E-state index contributed by atoms with van der Waals surface area (Å²) in [5.74, 6) is 1.66. The Hall–Kier alpha value is -0.260. The van der Waals surface area contributed by atoms with Crippen LogP contribution in [0.4, 0.5) is 0 Å². The molecule has 17 heavy (non-hydrogen) atoms. The highest BCUT2D eigenvalue weighted by molar-refractivity contribution is 4.94. The van der Waals surface area contributed by atoms with E-state index < -0.39 is 0 Å². The maximum Gasteiger partial charge on any atom is -0.0300 e. The fourth-order valence-electron chi connectivity index (χ4n) is 2.37. The van der Waals surface area contributed by atoms with Crippen molar-refractivity contribution in [2.75, 3.05) is 0 Å². The molecule has 0 aromatic carbocycles. The van der Waals surface area contributed by atoms with Gasteiger partial charge in [-0.3, -0.25) is 0 Å². The van der Waals surface area contributed by atoms with Crippen molar-refractivity contribution in [1.29, 1.82) is 0 Å². The molecule has 1 unspecified atom stereocenters. The zero-order chi connectivity index (χ0) is 13.1. The van der Waals surface area contributed by atoms with Gasteiger partial charge in [-0.05, 0) is 31.1 Å². The number of hydrogen-bond acceptors (Lipinski definition) is 0. The Bertz CT molecular complexity index is 178. The molecule has 0 radical (unpaired) electrons. The van der Waals surface area contributed by atoms with E-state index in [9.17, 15) is 0 Å². The molecule has 0 heterocycles. The van der Waals surface area contributed by atoms with E-state index in [1.165, 1.54) is 63.4 Å². The van der Waals surface area contributed by atoms with E-state index >= 15 is 0 Å². The summed E-state index contributed by atoms with van der Waals surface area (Å²) < 4.78 is 0. The lowest BCUT2D eigenvalue weighted by molar-refractivity contribution is 0.451. The lowest BCUT2D eigenvalue weighted by Crippen LogP contribution is -1.98. The minimum Gasteiger partial charge on any atom is -0.0999 e. The highest BCUT2D eigenvalue weighted by Gasteiger charge is 2.04. The van der Waals surface area contributed by atoms with Crippen molar-refractivity contribution in [2.45, 2.75) is 85.5 Å². The standard InChI is InChI=1S/C17H34/c1-6-7-8-9-10-11-16(4)12-13-17(5)14-15(2)3/h15-16H,5-14H2,1-4H3. The normalized spacial score (nSPS) is 13.0. The van der Waals surface area contributed by atoms with Crippen molar-refractivity contribution in [1.82, 2.24) is 0 Å². The van der Waals surface area contributed by atoms with Crippen molar-refractivity contribution in [3.8, 4) is 0 Å². The summed E-state index contributed by atoms with van der Waals surface area (Å²) in [5, 5.41) is 0. The third kappa shape index (κ3) is 12.0. The molecule has 0 aliphatic heterocycles. The van der Waals surface area contributed by atoms with Crippen molar-refractivity contribution in [3.05, 3.63) is 12.2 Å². The molecule has 0 fully saturated rings. The Morgan fingerprint density at radius 1 is 0.941 bits per heavy atom. The molecule has 0 saturated heterocycles. The molecule has 0 bridgehead atoms. The van der Waals surface area contributed by atoms with Gasteiger partial charge in [0.1, 0.15) is 0 Å². The lowest BCUT2D eigenvalue weighted by atomic mass is 9.93. The Kier molecular flexibility index (Phi) is 10.7. The van der Waals surface area contributed by atoms with Gasteiger partial charge in [0.05, 0.1) is 0 Å². The van der Waals surface area contributed by atoms with Crippen LogP contribution in [0.5, 0.6) is 0 Å². The van der Waals surface area contributed by atoms with E-state index in [1.54, 1.807) is 0 Å². The van der Waals surface area contributed by atoms with Crippen LogP contribution in [-0.4, -0.2) is 0 Å². The van der Waals surface area contributed by atoms with Crippen LogP contribution in [0.3, 0.4) is 0 Å². The van der Waals surface area contributed by atoms with Crippen LogP contribution in [0, 0.1) is 11.8 Å². The average molecular weight is 238 g/mol. The fourth-order valence-corrected chi connectivity index (χ4v) is 2.37. The van der Waals surface area contributed by atoms with Crippen LogP contribution >= 0.6 is 0 Å². The first-order valence-corrected chi connectivity index (χ1v) is 7.72. The molecule has 0 N–H and O–H groups in total. The molecule has 0 amide bonds. The van der Waals surface area contributed by atoms with Crippen LogP contribution in [0.15, 0.2) is 12.2 Å². The predicted molar refractivity (Wildman–Crippen MR) is 80.4 cm³/mol. The molecule has 0 aromatic heterocycles. The van der Waals surface area contributed by atoms with Crippen molar-refractivity contribution in [3.63, 3.8) is 0 Å². The second-order valence-electron chi connectivity index (χ2n) is 6.19. The Morgan fingerprint density at radius 3 is 2.18 bits per heavy atom. The Morgan fingerprint density at radius 2 is 1.59 bits per heavy atom. The maximum atomic E-state index is 4.19. The van der Waals surface area contributed by atoms with Gasteiger partial charge in [-0.2, -0.15) is 0 Å². The molecule has 102 valence electrons. The SMILES string of the molecule is C=C(CCC(C)CCCCCCC)CC(C)C. The summed E-state index contributed by atoms with van der Waals surface area (Å²) >= 11 is 0. The quantitative estimate of drug-likeness (QED) is 0.290. The van der Waals surface area contributed by atoms with Crippen molar-refractivity contribution >= 4 is 0 Å². The molecule has 0 rings (SSSR count). The highest BCUT2D eigenvalue weighted by atomic mass is 14.1. The summed E-state index contributed by atoms with van der Waals surface area (Å²) in [6, 6.07) is 0. The maximum absolute atomic E-state index is 4.19. The molecule has 1 atom stereocenters. The van der Waals surface area contributed by atoms with Gasteiger partial charge in [-0.25, -0.2) is 0 Å². The van der Waals surface area contributed by atoms with E-state index in [0.29, 0.717) is 0 Å². The van der Waals surface area contributed by atoms with Gasteiger partial charge in [0.15, 0.2) is 0 Å². The van der Waals surface area contributed by atoms with Gasteiger partial charge in [0.2, 0.25) is 0 Å². The average Bonchev–Trinajstić information content (AvgIpc) is 2.25. The summed E-state index contributed by atoms with van der Waals surface area (Å²) in [7, 11) is 0. The first kappa shape index (κ1) is 16.7. The van der Waals surface area contributed by atoms with E-state index in [1.807, 2.05) is 0 Å². The van der Waals surface area contributed by atoms with Crippen molar-refractivity contribution in [2.24, 2.45) is 11.8 Å². The molecule has 0 spiro atoms. The molecule has 0 aromatic rings. The number of hydrogen-bond donors (Lipinski definition) is 0. The minimum atomic E-state index is 0.770. The summed E-state index contributed by atoms with van der Waals surface area (Å²) in [4.78, 5) is 0. The minimum absolute atomic E-state index is 0.770. The summed E-state index contributed by atoms with van der Waals surface area (Å²) in [6.45, 7) is 13.4. The molecule has 0 saturated carbocycles. The largest absolute Gasteiger partial charge is 0.0999 e. The molecular weight excluding hydrogens is 204 g/mol. The first-order chi connectivity index (χ1) is 8.06. The number of rotatable bonds is 11. The van der Waals surface area contributed by atoms with Crippen LogP contribution < -0.4 is 0 Å². The summed E-state index contributed by atoms with van der Waals surface area (Å²) in [5.41, 5.74) is 1.46. The summed E-state index contributed by atoms with van der Waals surface area (Å²) in [6.07, 6.45) is 12.3. The highest BCUT2D eigenvalue weighted by Crippen LogP contribution is 2.21. The zero-order valence-electron chi connectivity index (χ0n) is 12.7. The third-order valence-corrected chi connectivity index (χ3v) is 3.49. The van der Waals surface area contributed by atoms with Gasteiger partial charge >= 0.3 is 0 Å². The predicted octanol–water partition coefficient (Wildman–Crippen LogP) is 6.37. The number of allylic oxidation sites excluding steroid dienone is 1. The smallest absolute Gasteiger partial charge is 0.0300 e. The topological polar surface area (TPSA) is 0 Å². The van der Waals surface area contributed by atoms with Crippen molar-refractivity contribution < 1.29 is 0 Å². The molecule has 0 aliphatic rings. The molecule has 0 nitrogen and oxygen atoms in total. The van der Waals surface area contributed by atoms with E-state index in [0.717, 1.165) is 11.8 Å². The van der Waals surface area contributed by atoms with Crippen LogP contribution in [0.25, 0.3) is 0 Å².